The van der Waals surface area contributed by atoms with Gasteiger partial charge in [0, 0.05) is 12.4 Å². The third kappa shape index (κ3) is 4.09. The maximum Gasteiger partial charge on any atom is 0.226 e. The highest BCUT2D eigenvalue weighted by atomic mass is 35.5. The Balaban J connectivity index is 1.83. The lowest BCUT2D eigenvalue weighted by Crippen LogP contribution is -2.20. The van der Waals surface area contributed by atoms with Crippen LogP contribution in [0.15, 0.2) is 67.0 Å². The van der Waals surface area contributed by atoms with E-state index >= 15 is 0 Å². The smallest absolute Gasteiger partial charge is 0.226 e. The molecule has 0 fully saturated rings. The predicted octanol–water partition coefficient (Wildman–Crippen LogP) is 5.21. The second kappa shape index (κ2) is 7.53. The number of hydrogen-bond donors (Lipinski definition) is 1. The van der Waals surface area contributed by atoms with E-state index in [0.29, 0.717) is 5.69 Å². The number of amides is 1. The number of carbonyl (C=O) groups is 1. The molecule has 3 nitrogen and oxygen atoms in total. The summed E-state index contributed by atoms with van der Waals surface area (Å²) in [6, 6.07) is 15.6. The molecule has 0 saturated heterocycles. The Labute approximate surface area is 151 Å². The van der Waals surface area contributed by atoms with Crippen molar-refractivity contribution in [3.63, 3.8) is 0 Å². The standard InChI is InChI=1S/C20H18ClFN2O/c1-14-6-2-3-7-16(14)19(24-10-4-5-11-24)13-20(25)23-18-9-8-15(22)12-17(18)21/h2-12,19H,13H2,1H3,(H,23,25). The first-order valence-corrected chi connectivity index (χ1v) is 8.35. The van der Waals surface area contributed by atoms with Crippen LogP contribution >= 0.6 is 11.6 Å². The average molecular weight is 357 g/mol. The van der Waals surface area contributed by atoms with Gasteiger partial charge in [-0.1, -0.05) is 35.9 Å². The topological polar surface area (TPSA) is 34.0 Å². The van der Waals surface area contributed by atoms with E-state index in [2.05, 4.69) is 5.32 Å². The van der Waals surface area contributed by atoms with Crippen LogP contribution in [0.25, 0.3) is 0 Å². The van der Waals surface area contributed by atoms with E-state index in [1.54, 1.807) is 0 Å². The van der Waals surface area contributed by atoms with Gasteiger partial charge in [0.05, 0.1) is 23.2 Å². The molecule has 0 aliphatic heterocycles. The molecule has 0 spiro atoms. The van der Waals surface area contributed by atoms with Crippen LogP contribution in [0.4, 0.5) is 10.1 Å². The molecule has 1 heterocycles. The minimum absolute atomic E-state index is 0.129. The maximum absolute atomic E-state index is 13.1. The van der Waals surface area contributed by atoms with Crippen LogP contribution in [0.5, 0.6) is 0 Å². The molecule has 0 aliphatic carbocycles. The van der Waals surface area contributed by atoms with Gasteiger partial charge >= 0.3 is 0 Å². The SMILES string of the molecule is Cc1ccccc1C(CC(=O)Nc1ccc(F)cc1Cl)n1cccc1. The van der Waals surface area contributed by atoms with E-state index in [1.807, 2.05) is 60.3 Å². The van der Waals surface area contributed by atoms with Gasteiger partial charge in [-0.25, -0.2) is 4.39 Å². The first kappa shape index (κ1) is 17.2. The molecule has 1 N–H and O–H groups in total. The number of anilines is 1. The molecule has 25 heavy (non-hydrogen) atoms. The third-order valence-electron chi connectivity index (χ3n) is 4.12. The van der Waals surface area contributed by atoms with Crippen LogP contribution in [0, 0.1) is 12.7 Å². The zero-order valence-corrected chi connectivity index (χ0v) is 14.5. The van der Waals surface area contributed by atoms with E-state index in [9.17, 15) is 9.18 Å². The van der Waals surface area contributed by atoms with Gasteiger partial charge in [-0.05, 0) is 48.4 Å². The quantitative estimate of drug-likeness (QED) is 0.669. The van der Waals surface area contributed by atoms with Gasteiger partial charge in [-0.15, -0.1) is 0 Å². The van der Waals surface area contributed by atoms with Gasteiger partial charge in [-0.3, -0.25) is 4.79 Å². The Morgan fingerprint density at radius 1 is 1.16 bits per heavy atom. The van der Waals surface area contributed by atoms with Crippen molar-refractivity contribution in [1.82, 2.24) is 4.57 Å². The molecule has 3 aromatic rings. The van der Waals surface area contributed by atoms with Gasteiger partial charge in [0.25, 0.3) is 0 Å². The Morgan fingerprint density at radius 3 is 2.56 bits per heavy atom. The number of nitrogens with one attached hydrogen (secondary N) is 1. The highest BCUT2D eigenvalue weighted by molar-refractivity contribution is 6.33. The number of benzene rings is 2. The van der Waals surface area contributed by atoms with Crippen molar-refractivity contribution < 1.29 is 9.18 Å². The Hall–Kier alpha value is -2.59. The van der Waals surface area contributed by atoms with E-state index in [4.69, 9.17) is 11.6 Å². The zero-order chi connectivity index (χ0) is 17.8. The normalized spacial score (nSPS) is 12.0. The van der Waals surface area contributed by atoms with Crippen LogP contribution in [0.1, 0.15) is 23.6 Å². The minimum atomic E-state index is -0.437. The molecule has 0 radical (unpaired) electrons. The summed E-state index contributed by atoms with van der Waals surface area (Å²) < 4.78 is 15.2. The molecule has 128 valence electrons. The number of hydrogen-bond acceptors (Lipinski definition) is 1. The van der Waals surface area contributed by atoms with Crippen LogP contribution < -0.4 is 5.32 Å². The summed E-state index contributed by atoms with van der Waals surface area (Å²) in [5, 5.41) is 2.95. The first-order valence-electron chi connectivity index (χ1n) is 7.97. The van der Waals surface area contributed by atoms with E-state index in [-0.39, 0.29) is 23.4 Å². The fraction of sp³-hybridized carbons (Fsp3) is 0.150. The van der Waals surface area contributed by atoms with E-state index in [1.165, 1.54) is 18.2 Å². The van der Waals surface area contributed by atoms with Gasteiger partial charge < -0.3 is 9.88 Å². The minimum Gasteiger partial charge on any atom is -0.346 e. The molecule has 0 aliphatic rings. The lowest BCUT2D eigenvalue weighted by Gasteiger charge is -2.21. The van der Waals surface area contributed by atoms with Gasteiger partial charge in [0.15, 0.2) is 0 Å². The molecule has 1 unspecified atom stereocenters. The maximum atomic E-state index is 13.1. The number of halogens is 2. The Morgan fingerprint density at radius 2 is 1.88 bits per heavy atom. The van der Waals surface area contributed by atoms with Crippen LogP contribution in [-0.2, 0) is 4.79 Å². The number of aryl methyl sites for hydroxylation is 1. The number of aromatic nitrogens is 1. The van der Waals surface area contributed by atoms with Crippen LogP contribution in [0.2, 0.25) is 5.02 Å². The fourth-order valence-corrected chi connectivity index (χ4v) is 3.07. The number of carbonyl (C=O) groups excluding carboxylic acids is 1. The molecule has 1 atom stereocenters. The summed E-state index contributed by atoms with van der Waals surface area (Å²) in [5.74, 6) is -0.622. The van der Waals surface area contributed by atoms with Crippen molar-refractivity contribution in [2.75, 3.05) is 5.32 Å². The predicted molar refractivity (Wildman–Crippen MR) is 98.4 cm³/mol. The average Bonchev–Trinajstić information content (AvgIpc) is 3.10. The van der Waals surface area contributed by atoms with Crippen molar-refractivity contribution in [2.24, 2.45) is 0 Å². The molecular weight excluding hydrogens is 339 g/mol. The summed E-state index contributed by atoms with van der Waals surface area (Å²) in [5.41, 5.74) is 2.61. The van der Waals surface area contributed by atoms with Gasteiger partial charge in [0.1, 0.15) is 5.82 Å². The second-order valence-electron chi connectivity index (χ2n) is 5.88. The molecular formula is C20H18ClFN2O. The van der Waals surface area contributed by atoms with Crippen LogP contribution in [0.3, 0.4) is 0 Å². The van der Waals surface area contributed by atoms with Crippen molar-refractivity contribution in [1.29, 1.82) is 0 Å². The first-order chi connectivity index (χ1) is 12.0. The highest BCUT2D eigenvalue weighted by Gasteiger charge is 2.19. The molecule has 0 saturated carbocycles. The summed E-state index contributed by atoms with van der Waals surface area (Å²) in [6.07, 6.45) is 4.12. The molecule has 5 heteroatoms. The third-order valence-corrected chi connectivity index (χ3v) is 4.43. The van der Waals surface area contributed by atoms with Crippen molar-refractivity contribution in [3.05, 3.63) is 89.0 Å². The molecule has 3 rings (SSSR count). The second-order valence-corrected chi connectivity index (χ2v) is 6.29. The van der Waals surface area contributed by atoms with Crippen molar-refractivity contribution in [2.45, 2.75) is 19.4 Å². The molecule has 0 bridgehead atoms. The monoisotopic (exact) mass is 356 g/mol. The number of rotatable bonds is 5. The van der Waals surface area contributed by atoms with Gasteiger partial charge in [0.2, 0.25) is 5.91 Å². The van der Waals surface area contributed by atoms with Crippen LogP contribution in [-0.4, -0.2) is 10.5 Å². The van der Waals surface area contributed by atoms with Crippen molar-refractivity contribution >= 4 is 23.2 Å². The Bertz CT molecular complexity index is 877. The molecule has 1 amide bonds. The molecule has 2 aromatic carbocycles. The lowest BCUT2D eigenvalue weighted by molar-refractivity contribution is -0.116. The summed E-state index contributed by atoms with van der Waals surface area (Å²) >= 11 is 5.99. The van der Waals surface area contributed by atoms with E-state index in [0.717, 1.165) is 11.1 Å². The van der Waals surface area contributed by atoms with E-state index < -0.39 is 5.82 Å². The largest absolute Gasteiger partial charge is 0.346 e. The summed E-state index contributed by atoms with van der Waals surface area (Å²) in [7, 11) is 0. The molecule has 1 aromatic heterocycles. The number of nitrogens with zero attached hydrogens (tertiary/aromatic N) is 1. The fourth-order valence-electron chi connectivity index (χ4n) is 2.86. The zero-order valence-electron chi connectivity index (χ0n) is 13.7. The lowest BCUT2D eigenvalue weighted by atomic mass is 9.98. The van der Waals surface area contributed by atoms with Gasteiger partial charge in [-0.2, -0.15) is 0 Å². The summed E-state index contributed by atoms with van der Waals surface area (Å²) in [4.78, 5) is 12.6. The Kier molecular flexibility index (Phi) is 5.19. The van der Waals surface area contributed by atoms with Crippen molar-refractivity contribution in [3.8, 4) is 0 Å². The highest BCUT2D eigenvalue weighted by Crippen LogP contribution is 2.27. The summed E-state index contributed by atoms with van der Waals surface area (Å²) in [6.45, 7) is 2.03.